The van der Waals surface area contributed by atoms with Crippen LogP contribution in [0.1, 0.15) is 58.3 Å². The third kappa shape index (κ3) is 4.68. The van der Waals surface area contributed by atoms with Crippen LogP contribution in [-0.2, 0) is 4.74 Å². The molecule has 2 unspecified atom stereocenters. The Bertz CT molecular complexity index is 1090. The van der Waals surface area contributed by atoms with E-state index in [1.54, 1.807) is 24.3 Å². The average Bonchev–Trinajstić information content (AvgIpc) is 3.48. The van der Waals surface area contributed by atoms with Gasteiger partial charge in [0.1, 0.15) is 0 Å². The summed E-state index contributed by atoms with van der Waals surface area (Å²) in [4.78, 5) is 0. The highest BCUT2D eigenvalue weighted by molar-refractivity contribution is 6.06. The summed E-state index contributed by atoms with van der Waals surface area (Å²) >= 11 is 0. The molecule has 33 heavy (non-hydrogen) atoms. The van der Waals surface area contributed by atoms with Crippen molar-refractivity contribution < 1.29 is 27.4 Å². The van der Waals surface area contributed by atoms with Crippen LogP contribution in [-0.4, -0.2) is 25.9 Å². The van der Waals surface area contributed by atoms with Crippen molar-refractivity contribution >= 4 is 21.9 Å². The zero-order valence-corrected chi connectivity index (χ0v) is 19.2. The normalized spacial score (nSPS) is 21.8. The van der Waals surface area contributed by atoms with E-state index in [0.29, 0.717) is 42.6 Å². The first-order valence-electron chi connectivity index (χ1n) is 12.3. The van der Waals surface area contributed by atoms with Crippen molar-refractivity contribution in [1.29, 1.82) is 0 Å². The lowest BCUT2D eigenvalue weighted by atomic mass is 9.97. The average molecular weight is 459 g/mol. The van der Waals surface area contributed by atoms with Crippen molar-refractivity contribution in [3.63, 3.8) is 0 Å². The summed E-state index contributed by atoms with van der Waals surface area (Å²) in [5.41, 5.74) is 0.0323. The smallest absolute Gasteiger partial charge is 0.208 e. The summed E-state index contributed by atoms with van der Waals surface area (Å²) < 4.78 is 53.4. The fourth-order valence-corrected chi connectivity index (χ4v) is 5.16. The minimum atomic E-state index is -0.600. The molecule has 5 rings (SSSR count). The summed E-state index contributed by atoms with van der Waals surface area (Å²) in [6.45, 7) is 3.67. The molecular weight excluding hydrogens is 426 g/mol. The maximum Gasteiger partial charge on any atom is 0.208 e. The van der Waals surface area contributed by atoms with Gasteiger partial charge in [-0.1, -0.05) is 26.2 Å². The number of ether oxygens (including phenoxy) is 3. The third-order valence-corrected chi connectivity index (χ3v) is 7.12. The van der Waals surface area contributed by atoms with Gasteiger partial charge in [0.2, 0.25) is 11.6 Å². The van der Waals surface area contributed by atoms with Gasteiger partial charge in [-0.2, -0.15) is 8.78 Å². The SMILES string of the molecule is CCCC1CCC(COc2ccc3c(oc4c(F)c(OCC5CCCC5)ccc43)c2F)CO1. The lowest BCUT2D eigenvalue weighted by Gasteiger charge is -2.28. The van der Waals surface area contributed by atoms with E-state index in [4.69, 9.17) is 18.6 Å². The maximum absolute atomic E-state index is 15.2. The highest BCUT2D eigenvalue weighted by Gasteiger charge is 2.24. The van der Waals surface area contributed by atoms with Crippen molar-refractivity contribution in [3.05, 3.63) is 35.9 Å². The van der Waals surface area contributed by atoms with Gasteiger partial charge in [-0.3, -0.25) is 0 Å². The predicted molar refractivity (Wildman–Crippen MR) is 124 cm³/mol. The summed E-state index contributed by atoms with van der Waals surface area (Å²) in [7, 11) is 0. The fourth-order valence-electron chi connectivity index (χ4n) is 5.16. The standard InChI is InChI=1S/C27H32F2O4/c1-2-5-19-9-8-18(15-30-19)16-32-23-13-11-21-20-10-12-22(31-14-17-6-3-4-7-17)24(28)26(20)33-27(21)25(23)29/h10-13,17-19H,2-9,14-16H2,1H3. The Hall–Kier alpha value is -2.34. The van der Waals surface area contributed by atoms with E-state index in [0.717, 1.165) is 38.5 Å². The quantitative estimate of drug-likeness (QED) is 0.352. The van der Waals surface area contributed by atoms with Crippen molar-refractivity contribution in [3.8, 4) is 11.5 Å². The van der Waals surface area contributed by atoms with Gasteiger partial charge in [-0.15, -0.1) is 0 Å². The van der Waals surface area contributed by atoms with Gasteiger partial charge < -0.3 is 18.6 Å². The molecule has 0 amide bonds. The van der Waals surface area contributed by atoms with E-state index in [9.17, 15) is 0 Å². The van der Waals surface area contributed by atoms with Crippen molar-refractivity contribution in [2.24, 2.45) is 11.8 Å². The van der Waals surface area contributed by atoms with Gasteiger partial charge in [0.25, 0.3) is 0 Å². The largest absolute Gasteiger partial charge is 0.490 e. The van der Waals surface area contributed by atoms with Gasteiger partial charge in [0.05, 0.1) is 25.9 Å². The summed E-state index contributed by atoms with van der Waals surface area (Å²) in [5.74, 6) is -0.193. The zero-order chi connectivity index (χ0) is 22.8. The van der Waals surface area contributed by atoms with Crippen LogP contribution in [0.4, 0.5) is 8.78 Å². The van der Waals surface area contributed by atoms with E-state index < -0.39 is 11.6 Å². The molecule has 1 aliphatic heterocycles. The predicted octanol–water partition coefficient (Wildman–Crippen LogP) is 7.41. The lowest BCUT2D eigenvalue weighted by Crippen LogP contribution is -2.29. The maximum atomic E-state index is 15.2. The molecule has 2 atom stereocenters. The molecule has 1 saturated carbocycles. The molecule has 1 aromatic heterocycles. The highest BCUT2D eigenvalue weighted by Crippen LogP contribution is 2.38. The summed E-state index contributed by atoms with van der Waals surface area (Å²) in [6.07, 6.45) is 9.19. The first-order valence-corrected chi connectivity index (χ1v) is 12.3. The summed E-state index contributed by atoms with van der Waals surface area (Å²) in [5, 5.41) is 1.06. The molecule has 3 aromatic rings. The number of hydrogen-bond acceptors (Lipinski definition) is 4. The van der Waals surface area contributed by atoms with Crippen LogP contribution < -0.4 is 9.47 Å². The Kier molecular flexibility index (Phi) is 6.72. The Morgan fingerprint density at radius 1 is 0.818 bits per heavy atom. The van der Waals surface area contributed by atoms with Crippen LogP contribution in [0.3, 0.4) is 0 Å². The molecule has 0 bridgehead atoms. The van der Waals surface area contributed by atoms with Crippen LogP contribution in [0.5, 0.6) is 11.5 Å². The number of benzene rings is 2. The van der Waals surface area contributed by atoms with E-state index in [-0.39, 0.29) is 28.6 Å². The van der Waals surface area contributed by atoms with Crippen molar-refractivity contribution in [1.82, 2.24) is 0 Å². The number of furan rings is 1. The molecule has 6 heteroatoms. The zero-order valence-electron chi connectivity index (χ0n) is 19.2. The minimum absolute atomic E-state index is 0.0113. The van der Waals surface area contributed by atoms with E-state index in [2.05, 4.69) is 6.92 Å². The van der Waals surface area contributed by atoms with E-state index in [1.165, 1.54) is 12.8 Å². The number of hydrogen-bond donors (Lipinski definition) is 0. The van der Waals surface area contributed by atoms with Crippen LogP contribution in [0.15, 0.2) is 28.7 Å². The monoisotopic (exact) mass is 458 g/mol. The fraction of sp³-hybridized carbons (Fsp3) is 0.556. The molecule has 4 nitrogen and oxygen atoms in total. The van der Waals surface area contributed by atoms with Gasteiger partial charge in [0.15, 0.2) is 22.7 Å². The Labute approximate surface area is 193 Å². The Morgan fingerprint density at radius 2 is 1.42 bits per heavy atom. The molecule has 2 heterocycles. The Balaban J connectivity index is 1.31. The second kappa shape index (κ2) is 9.88. The minimum Gasteiger partial charge on any atom is -0.490 e. The first-order chi connectivity index (χ1) is 16.1. The molecule has 178 valence electrons. The van der Waals surface area contributed by atoms with Crippen LogP contribution >= 0.6 is 0 Å². The van der Waals surface area contributed by atoms with Gasteiger partial charge >= 0.3 is 0 Å². The second-order valence-corrected chi connectivity index (χ2v) is 9.57. The molecule has 0 radical (unpaired) electrons. The van der Waals surface area contributed by atoms with Crippen LogP contribution in [0.2, 0.25) is 0 Å². The van der Waals surface area contributed by atoms with E-state index >= 15 is 8.78 Å². The van der Waals surface area contributed by atoms with Gasteiger partial charge in [0, 0.05) is 16.7 Å². The molecule has 2 aromatic carbocycles. The number of fused-ring (bicyclic) bond motifs is 3. The number of halogens is 2. The molecule has 2 fully saturated rings. The van der Waals surface area contributed by atoms with Gasteiger partial charge in [-0.25, -0.2) is 0 Å². The van der Waals surface area contributed by atoms with Crippen LogP contribution in [0.25, 0.3) is 21.9 Å². The Morgan fingerprint density at radius 3 is 1.97 bits per heavy atom. The molecule has 1 saturated heterocycles. The molecule has 1 aliphatic carbocycles. The van der Waals surface area contributed by atoms with Crippen molar-refractivity contribution in [2.75, 3.05) is 19.8 Å². The highest BCUT2D eigenvalue weighted by atomic mass is 19.1. The number of rotatable bonds is 8. The topological polar surface area (TPSA) is 40.8 Å². The summed E-state index contributed by atoms with van der Waals surface area (Å²) in [6, 6.07) is 6.67. The van der Waals surface area contributed by atoms with Crippen LogP contribution in [0, 0.1) is 23.5 Å². The van der Waals surface area contributed by atoms with Crippen molar-refractivity contribution in [2.45, 2.75) is 64.4 Å². The molecule has 2 aliphatic rings. The van der Waals surface area contributed by atoms with Gasteiger partial charge in [-0.05, 0) is 62.3 Å². The second-order valence-electron chi connectivity index (χ2n) is 9.57. The molecular formula is C27H32F2O4. The van der Waals surface area contributed by atoms with E-state index in [1.807, 2.05) is 0 Å². The lowest BCUT2D eigenvalue weighted by molar-refractivity contribution is -0.0309. The molecule has 0 N–H and O–H groups in total. The first kappa shape index (κ1) is 22.5. The molecule has 0 spiro atoms. The third-order valence-electron chi connectivity index (χ3n) is 7.12.